The molecule has 0 amide bonds. The van der Waals surface area contributed by atoms with E-state index in [-0.39, 0.29) is 25.2 Å². The first-order chi connectivity index (χ1) is 7.48. The molecule has 0 heterocycles. The van der Waals surface area contributed by atoms with Crippen LogP contribution in [0.25, 0.3) is 0 Å². The van der Waals surface area contributed by atoms with Crippen molar-refractivity contribution in [3.8, 4) is 0 Å². The topological polar surface area (TPSA) is 76.0 Å². The van der Waals surface area contributed by atoms with E-state index in [9.17, 15) is 4.79 Å². The molecule has 16 heavy (non-hydrogen) atoms. The molecule has 0 spiro atoms. The quantitative estimate of drug-likeness (QED) is 0.439. The standard InChI is InChI=1S/C11H22O5/c1-11(2,7-10(13)14)8-16-9-15-6-4-3-5-12/h12H,3-9H2,1-2H3,(H,13,14). The Bertz CT molecular complexity index is 191. The molecule has 0 unspecified atom stereocenters. The van der Waals surface area contributed by atoms with Gasteiger partial charge < -0.3 is 19.7 Å². The molecule has 2 N–H and O–H groups in total. The van der Waals surface area contributed by atoms with E-state index < -0.39 is 5.97 Å². The molecule has 0 saturated carbocycles. The summed E-state index contributed by atoms with van der Waals surface area (Å²) in [5.74, 6) is -0.822. The molecular formula is C11H22O5. The van der Waals surface area contributed by atoms with Crippen LogP contribution in [0.2, 0.25) is 0 Å². The highest BCUT2D eigenvalue weighted by atomic mass is 16.7. The number of hydrogen-bond donors (Lipinski definition) is 2. The Morgan fingerprint density at radius 3 is 2.50 bits per heavy atom. The fraction of sp³-hybridized carbons (Fsp3) is 0.909. The van der Waals surface area contributed by atoms with Gasteiger partial charge in [-0.1, -0.05) is 13.8 Å². The Hall–Kier alpha value is -0.650. The zero-order chi connectivity index (χ0) is 12.4. The van der Waals surface area contributed by atoms with E-state index in [1.165, 1.54) is 0 Å². The van der Waals surface area contributed by atoms with Crippen molar-refractivity contribution in [2.75, 3.05) is 26.6 Å². The SMILES string of the molecule is CC(C)(COCOCCCCO)CC(=O)O. The summed E-state index contributed by atoms with van der Waals surface area (Å²) in [5.41, 5.74) is -0.375. The molecule has 0 aliphatic heterocycles. The van der Waals surface area contributed by atoms with Crippen molar-refractivity contribution in [3.05, 3.63) is 0 Å². The van der Waals surface area contributed by atoms with E-state index in [4.69, 9.17) is 19.7 Å². The van der Waals surface area contributed by atoms with Crippen LogP contribution in [-0.2, 0) is 14.3 Å². The summed E-state index contributed by atoms with van der Waals surface area (Å²) in [5, 5.41) is 17.2. The number of aliphatic hydroxyl groups excluding tert-OH is 1. The van der Waals surface area contributed by atoms with Crippen LogP contribution in [0.3, 0.4) is 0 Å². The molecule has 0 rings (SSSR count). The van der Waals surface area contributed by atoms with Gasteiger partial charge in [-0.25, -0.2) is 0 Å². The largest absolute Gasteiger partial charge is 0.481 e. The van der Waals surface area contributed by atoms with Crippen molar-refractivity contribution in [1.82, 2.24) is 0 Å². The average molecular weight is 234 g/mol. The van der Waals surface area contributed by atoms with Gasteiger partial charge in [0.15, 0.2) is 0 Å². The van der Waals surface area contributed by atoms with Gasteiger partial charge in [-0.2, -0.15) is 0 Å². The zero-order valence-electron chi connectivity index (χ0n) is 10.1. The summed E-state index contributed by atoms with van der Waals surface area (Å²) in [4.78, 5) is 10.5. The first-order valence-corrected chi connectivity index (χ1v) is 5.46. The molecule has 0 radical (unpaired) electrons. The van der Waals surface area contributed by atoms with Crippen LogP contribution in [0.15, 0.2) is 0 Å². The van der Waals surface area contributed by atoms with Gasteiger partial charge in [0.1, 0.15) is 6.79 Å². The van der Waals surface area contributed by atoms with Gasteiger partial charge in [-0.05, 0) is 18.3 Å². The highest BCUT2D eigenvalue weighted by Crippen LogP contribution is 2.20. The molecule has 0 fully saturated rings. The number of aliphatic carboxylic acids is 1. The lowest BCUT2D eigenvalue weighted by atomic mass is 9.91. The van der Waals surface area contributed by atoms with Gasteiger partial charge in [0, 0.05) is 13.2 Å². The Labute approximate surface area is 96.4 Å². The second kappa shape index (κ2) is 8.50. The predicted octanol–water partition coefficient (Wildman–Crippen LogP) is 1.25. The number of carboxylic acid groups (broad SMARTS) is 1. The molecule has 0 saturated heterocycles. The number of hydrogen-bond acceptors (Lipinski definition) is 4. The first kappa shape index (κ1) is 15.3. The van der Waals surface area contributed by atoms with Crippen molar-refractivity contribution in [2.45, 2.75) is 33.1 Å². The smallest absolute Gasteiger partial charge is 0.303 e. The maximum atomic E-state index is 10.5. The van der Waals surface area contributed by atoms with Crippen molar-refractivity contribution >= 4 is 5.97 Å². The van der Waals surface area contributed by atoms with E-state index in [0.717, 1.165) is 12.8 Å². The van der Waals surface area contributed by atoms with Gasteiger partial charge in [0.25, 0.3) is 0 Å². The zero-order valence-corrected chi connectivity index (χ0v) is 10.1. The average Bonchev–Trinajstić information content (AvgIpc) is 2.14. The minimum absolute atomic E-state index is 0.0809. The third-order valence-electron chi connectivity index (χ3n) is 1.99. The molecular weight excluding hydrogens is 212 g/mol. The van der Waals surface area contributed by atoms with Gasteiger partial charge in [-0.15, -0.1) is 0 Å². The van der Waals surface area contributed by atoms with Gasteiger partial charge >= 0.3 is 5.97 Å². The van der Waals surface area contributed by atoms with Crippen molar-refractivity contribution < 1.29 is 24.5 Å². The summed E-state index contributed by atoms with van der Waals surface area (Å²) < 4.78 is 10.4. The van der Waals surface area contributed by atoms with Crippen LogP contribution in [0.5, 0.6) is 0 Å². The molecule has 96 valence electrons. The van der Waals surface area contributed by atoms with Gasteiger partial charge in [0.05, 0.1) is 13.0 Å². The lowest BCUT2D eigenvalue weighted by Gasteiger charge is -2.21. The number of rotatable bonds is 10. The summed E-state index contributed by atoms with van der Waals surface area (Å²) in [6, 6.07) is 0. The molecule has 5 nitrogen and oxygen atoms in total. The van der Waals surface area contributed by atoms with Crippen LogP contribution >= 0.6 is 0 Å². The van der Waals surface area contributed by atoms with Crippen LogP contribution in [-0.4, -0.2) is 42.8 Å². The van der Waals surface area contributed by atoms with E-state index in [0.29, 0.717) is 13.2 Å². The Morgan fingerprint density at radius 2 is 1.94 bits per heavy atom. The van der Waals surface area contributed by atoms with E-state index in [1.807, 2.05) is 13.8 Å². The second-order valence-electron chi connectivity index (χ2n) is 4.54. The third kappa shape index (κ3) is 9.89. The molecule has 0 bridgehead atoms. The minimum atomic E-state index is -0.822. The molecule has 0 atom stereocenters. The number of ether oxygens (including phenoxy) is 2. The van der Waals surface area contributed by atoms with E-state index in [1.54, 1.807) is 0 Å². The highest BCUT2D eigenvalue weighted by molar-refractivity contribution is 5.67. The molecule has 5 heteroatoms. The minimum Gasteiger partial charge on any atom is -0.481 e. The van der Waals surface area contributed by atoms with Crippen molar-refractivity contribution in [1.29, 1.82) is 0 Å². The highest BCUT2D eigenvalue weighted by Gasteiger charge is 2.21. The number of aliphatic hydroxyl groups is 1. The van der Waals surface area contributed by atoms with Gasteiger partial charge in [-0.3, -0.25) is 4.79 Å². The van der Waals surface area contributed by atoms with Crippen LogP contribution < -0.4 is 0 Å². The molecule has 0 aromatic heterocycles. The van der Waals surface area contributed by atoms with Gasteiger partial charge in [0.2, 0.25) is 0 Å². The van der Waals surface area contributed by atoms with Crippen LogP contribution in [0.4, 0.5) is 0 Å². The summed E-state index contributed by atoms with van der Waals surface area (Å²) in [6.07, 6.45) is 1.61. The fourth-order valence-corrected chi connectivity index (χ4v) is 1.21. The normalized spacial score (nSPS) is 11.7. The van der Waals surface area contributed by atoms with E-state index in [2.05, 4.69) is 0 Å². The Balaban J connectivity index is 3.39. The second-order valence-corrected chi connectivity index (χ2v) is 4.54. The molecule has 0 aliphatic rings. The third-order valence-corrected chi connectivity index (χ3v) is 1.99. The Morgan fingerprint density at radius 1 is 1.25 bits per heavy atom. The Kier molecular flexibility index (Phi) is 8.15. The predicted molar refractivity (Wildman–Crippen MR) is 59.1 cm³/mol. The number of carboxylic acids is 1. The summed E-state index contributed by atoms with van der Waals surface area (Å²) >= 11 is 0. The number of carbonyl (C=O) groups is 1. The van der Waals surface area contributed by atoms with Crippen molar-refractivity contribution in [2.24, 2.45) is 5.41 Å². The maximum Gasteiger partial charge on any atom is 0.303 e. The lowest BCUT2D eigenvalue weighted by Crippen LogP contribution is -2.23. The monoisotopic (exact) mass is 234 g/mol. The summed E-state index contributed by atoms with van der Waals surface area (Å²) in [7, 11) is 0. The lowest BCUT2D eigenvalue weighted by molar-refractivity contribution is -0.141. The fourth-order valence-electron chi connectivity index (χ4n) is 1.21. The van der Waals surface area contributed by atoms with E-state index >= 15 is 0 Å². The maximum absolute atomic E-state index is 10.5. The first-order valence-electron chi connectivity index (χ1n) is 5.46. The molecule has 0 aliphatic carbocycles. The summed E-state index contributed by atoms with van der Waals surface area (Å²) in [6.45, 7) is 4.95. The number of unbranched alkanes of at least 4 members (excludes halogenated alkanes) is 1. The molecule has 0 aromatic carbocycles. The van der Waals surface area contributed by atoms with Crippen LogP contribution in [0.1, 0.15) is 33.1 Å². The molecule has 0 aromatic rings. The van der Waals surface area contributed by atoms with Crippen molar-refractivity contribution in [3.63, 3.8) is 0 Å². The van der Waals surface area contributed by atoms with Crippen LogP contribution in [0, 0.1) is 5.41 Å².